The van der Waals surface area contributed by atoms with Gasteiger partial charge in [0.2, 0.25) is 0 Å². The molecule has 0 aliphatic carbocycles. The summed E-state index contributed by atoms with van der Waals surface area (Å²) in [5, 5.41) is 16.7. The molecular formula is C21H27N3O4. The van der Waals surface area contributed by atoms with E-state index in [1.54, 1.807) is 6.20 Å². The molecule has 1 amide bonds. The van der Waals surface area contributed by atoms with E-state index in [1.165, 1.54) is 0 Å². The lowest BCUT2D eigenvalue weighted by atomic mass is 9.98. The van der Waals surface area contributed by atoms with E-state index in [9.17, 15) is 14.7 Å². The van der Waals surface area contributed by atoms with Crippen LogP contribution in [-0.4, -0.2) is 46.5 Å². The van der Waals surface area contributed by atoms with Crippen LogP contribution in [0.15, 0.2) is 30.5 Å². The summed E-state index contributed by atoms with van der Waals surface area (Å²) in [5.74, 6) is -1.89. The molecule has 0 bridgehead atoms. The van der Waals surface area contributed by atoms with Gasteiger partial charge >= 0.3 is 5.97 Å². The maximum absolute atomic E-state index is 12.6. The van der Waals surface area contributed by atoms with Gasteiger partial charge in [0.05, 0.1) is 23.7 Å². The Bertz CT molecular complexity index is 840. The number of aliphatic carboxylic acids is 1. The van der Waals surface area contributed by atoms with Crippen LogP contribution < -0.4 is 5.32 Å². The molecule has 0 radical (unpaired) electrons. The second kappa shape index (κ2) is 9.01. The molecule has 3 rings (SSSR count). The maximum atomic E-state index is 12.6. The van der Waals surface area contributed by atoms with Crippen molar-refractivity contribution in [3.05, 3.63) is 52.8 Å². The van der Waals surface area contributed by atoms with Gasteiger partial charge in [-0.1, -0.05) is 29.8 Å². The van der Waals surface area contributed by atoms with Crippen LogP contribution in [0.2, 0.25) is 0 Å². The molecule has 28 heavy (non-hydrogen) atoms. The van der Waals surface area contributed by atoms with Crippen LogP contribution >= 0.6 is 0 Å². The molecule has 1 aliphatic rings. The van der Waals surface area contributed by atoms with E-state index < -0.39 is 11.9 Å². The molecule has 2 heterocycles. The molecule has 1 aromatic heterocycles. The molecule has 1 atom stereocenters. The number of benzene rings is 1. The average Bonchev–Trinajstić information content (AvgIpc) is 3.07. The Morgan fingerprint density at radius 1 is 1.32 bits per heavy atom. The van der Waals surface area contributed by atoms with Crippen LogP contribution in [0.3, 0.4) is 0 Å². The third kappa shape index (κ3) is 4.78. The number of aryl methyl sites for hydroxylation is 1. The summed E-state index contributed by atoms with van der Waals surface area (Å²) in [6, 6.07) is 8.01. The highest BCUT2D eigenvalue weighted by Crippen LogP contribution is 2.23. The maximum Gasteiger partial charge on any atom is 0.308 e. The fourth-order valence-electron chi connectivity index (χ4n) is 3.63. The van der Waals surface area contributed by atoms with Gasteiger partial charge in [0.15, 0.2) is 0 Å². The second-order valence-corrected chi connectivity index (χ2v) is 7.37. The molecule has 150 valence electrons. The average molecular weight is 385 g/mol. The van der Waals surface area contributed by atoms with Gasteiger partial charge in [-0.05, 0) is 38.7 Å². The lowest BCUT2D eigenvalue weighted by molar-refractivity contribution is -0.141. The van der Waals surface area contributed by atoms with Crippen molar-refractivity contribution in [2.75, 3.05) is 19.8 Å². The third-order valence-corrected chi connectivity index (χ3v) is 5.25. The molecule has 2 N–H and O–H groups in total. The Hall–Kier alpha value is -2.67. The van der Waals surface area contributed by atoms with Crippen molar-refractivity contribution >= 4 is 11.9 Å². The van der Waals surface area contributed by atoms with E-state index in [-0.39, 0.29) is 18.5 Å². The number of hydrogen-bond donors (Lipinski definition) is 2. The Labute approximate surface area is 164 Å². The predicted octanol–water partition coefficient (Wildman–Crippen LogP) is 2.52. The Morgan fingerprint density at radius 2 is 2.07 bits per heavy atom. The first-order valence-corrected chi connectivity index (χ1v) is 9.64. The van der Waals surface area contributed by atoms with Crippen molar-refractivity contribution in [1.29, 1.82) is 0 Å². The standard InChI is InChI=1S/C21H27N3O4/c1-14-4-3-5-16(10-14)11-17(21(26)27)12-22-20(25)19-13-23-24(15(19)2)18-6-8-28-9-7-18/h3-5,10,13,17-18H,6-9,11-12H2,1-2H3,(H,22,25)(H,26,27). The first-order valence-electron chi connectivity index (χ1n) is 9.64. The minimum Gasteiger partial charge on any atom is -0.481 e. The number of rotatable bonds is 7. The van der Waals surface area contributed by atoms with Crippen molar-refractivity contribution in [1.82, 2.24) is 15.1 Å². The summed E-state index contributed by atoms with van der Waals surface area (Å²) in [6.45, 7) is 5.32. The van der Waals surface area contributed by atoms with Gasteiger partial charge in [-0.25, -0.2) is 0 Å². The van der Waals surface area contributed by atoms with E-state index in [4.69, 9.17) is 4.74 Å². The van der Waals surface area contributed by atoms with Crippen LogP contribution in [0.25, 0.3) is 0 Å². The summed E-state index contributed by atoms with van der Waals surface area (Å²) in [6.07, 6.45) is 3.69. The number of carbonyl (C=O) groups excluding carboxylic acids is 1. The van der Waals surface area contributed by atoms with Gasteiger partial charge in [-0.2, -0.15) is 5.10 Å². The lowest BCUT2D eigenvalue weighted by Gasteiger charge is -2.23. The summed E-state index contributed by atoms with van der Waals surface area (Å²) in [5.41, 5.74) is 3.33. The van der Waals surface area contributed by atoms with Crippen molar-refractivity contribution in [3.8, 4) is 0 Å². The number of nitrogens with zero attached hydrogens (tertiary/aromatic N) is 2. The molecule has 1 aromatic carbocycles. The number of ether oxygens (including phenoxy) is 1. The number of carboxylic acids is 1. The summed E-state index contributed by atoms with van der Waals surface area (Å²) < 4.78 is 7.27. The molecule has 7 nitrogen and oxygen atoms in total. The number of amides is 1. The van der Waals surface area contributed by atoms with Gasteiger partial charge in [0.1, 0.15) is 0 Å². The summed E-state index contributed by atoms with van der Waals surface area (Å²) in [7, 11) is 0. The molecular weight excluding hydrogens is 358 g/mol. The second-order valence-electron chi connectivity index (χ2n) is 7.37. The Morgan fingerprint density at radius 3 is 2.75 bits per heavy atom. The van der Waals surface area contributed by atoms with Gasteiger partial charge in [-0.3, -0.25) is 14.3 Å². The fraction of sp³-hybridized carbons (Fsp3) is 0.476. The molecule has 0 spiro atoms. The number of carboxylic acid groups (broad SMARTS) is 1. The van der Waals surface area contributed by atoms with Crippen molar-refractivity contribution < 1.29 is 19.4 Å². The van der Waals surface area contributed by atoms with Crippen LogP contribution in [0.1, 0.15) is 46.1 Å². The molecule has 1 aliphatic heterocycles. The highest BCUT2D eigenvalue weighted by atomic mass is 16.5. The van der Waals surface area contributed by atoms with Gasteiger partial charge in [0, 0.05) is 25.5 Å². The molecule has 0 saturated carbocycles. The fourth-order valence-corrected chi connectivity index (χ4v) is 3.63. The van der Waals surface area contributed by atoms with Gasteiger partial charge in [-0.15, -0.1) is 0 Å². The minimum absolute atomic E-state index is 0.0734. The zero-order valence-corrected chi connectivity index (χ0v) is 16.4. The zero-order chi connectivity index (χ0) is 20.1. The van der Waals surface area contributed by atoms with E-state index in [2.05, 4.69) is 10.4 Å². The van der Waals surface area contributed by atoms with E-state index in [0.717, 1.165) is 29.7 Å². The highest BCUT2D eigenvalue weighted by molar-refractivity contribution is 5.95. The largest absolute Gasteiger partial charge is 0.481 e. The first-order chi connectivity index (χ1) is 13.5. The normalized spacial score (nSPS) is 15.9. The van der Waals surface area contributed by atoms with Crippen molar-refractivity contribution in [2.45, 2.75) is 39.2 Å². The van der Waals surface area contributed by atoms with Crippen LogP contribution in [0.4, 0.5) is 0 Å². The smallest absolute Gasteiger partial charge is 0.308 e. The number of aromatic nitrogens is 2. The topological polar surface area (TPSA) is 93.5 Å². The predicted molar refractivity (Wildman–Crippen MR) is 104 cm³/mol. The molecule has 1 fully saturated rings. The van der Waals surface area contributed by atoms with Crippen LogP contribution in [-0.2, 0) is 16.0 Å². The Balaban J connectivity index is 1.63. The molecule has 1 saturated heterocycles. The van der Waals surface area contributed by atoms with Crippen molar-refractivity contribution in [2.24, 2.45) is 5.92 Å². The number of nitrogens with one attached hydrogen (secondary N) is 1. The van der Waals surface area contributed by atoms with Gasteiger partial charge < -0.3 is 15.2 Å². The van der Waals surface area contributed by atoms with Crippen molar-refractivity contribution in [3.63, 3.8) is 0 Å². The summed E-state index contributed by atoms with van der Waals surface area (Å²) in [4.78, 5) is 24.2. The van der Waals surface area contributed by atoms with Crippen LogP contribution in [0.5, 0.6) is 0 Å². The van der Waals surface area contributed by atoms with Crippen LogP contribution in [0, 0.1) is 19.8 Å². The molecule has 7 heteroatoms. The number of hydrogen-bond acceptors (Lipinski definition) is 4. The molecule has 1 unspecified atom stereocenters. The monoisotopic (exact) mass is 385 g/mol. The SMILES string of the molecule is Cc1cccc(CC(CNC(=O)c2cnn(C3CCOCC3)c2C)C(=O)O)c1. The summed E-state index contributed by atoms with van der Waals surface area (Å²) >= 11 is 0. The quantitative estimate of drug-likeness (QED) is 0.764. The Kier molecular flexibility index (Phi) is 6.46. The first kappa shape index (κ1) is 20.1. The number of carbonyl (C=O) groups is 2. The van der Waals surface area contributed by atoms with E-state index in [1.807, 2.05) is 42.8 Å². The lowest BCUT2D eigenvalue weighted by Crippen LogP contribution is -2.34. The van der Waals surface area contributed by atoms with Gasteiger partial charge in [0.25, 0.3) is 5.91 Å². The third-order valence-electron chi connectivity index (χ3n) is 5.25. The van der Waals surface area contributed by atoms with E-state index in [0.29, 0.717) is 25.2 Å². The zero-order valence-electron chi connectivity index (χ0n) is 16.4. The molecule has 2 aromatic rings. The minimum atomic E-state index is -0.920. The highest BCUT2D eigenvalue weighted by Gasteiger charge is 2.24. The van der Waals surface area contributed by atoms with E-state index >= 15 is 0 Å².